The Morgan fingerprint density at radius 1 is 1.17 bits per heavy atom. The van der Waals surface area contributed by atoms with E-state index >= 15 is 0 Å². The summed E-state index contributed by atoms with van der Waals surface area (Å²) in [7, 11) is 0. The zero-order chi connectivity index (χ0) is 16.7. The van der Waals surface area contributed by atoms with E-state index in [0.717, 1.165) is 30.2 Å². The van der Waals surface area contributed by atoms with Crippen molar-refractivity contribution in [1.82, 2.24) is 4.90 Å². The lowest BCUT2D eigenvalue weighted by Gasteiger charge is -2.34. The number of hydrogen-bond acceptors (Lipinski definition) is 3. The molecule has 1 aliphatic rings. The molecular weight excluding hydrogens is 358 g/mol. The highest BCUT2D eigenvalue weighted by Gasteiger charge is 2.26. The van der Waals surface area contributed by atoms with Gasteiger partial charge < -0.3 is 9.64 Å². The number of benzene rings is 1. The third kappa shape index (κ3) is 5.34. The minimum Gasteiger partial charge on any atom is -0.466 e. The van der Waals surface area contributed by atoms with Crippen molar-refractivity contribution in [2.75, 3.05) is 13.2 Å². The molecule has 1 fully saturated rings. The third-order valence-electron chi connectivity index (χ3n) is 4.23. The molecule has 1 saturated carbocycles. The van der Waals surface area contributed by atoms with E-state index in [2.05, 4.69) is 15.9 Å². The molecule has 5 heteroatoms. The summed E-state index contributed by atoms with van der Waals surface area (Å²) in [4.78, 5) is 26.4. The van der Waals surface area contributed by atoms with Crippen molar-refractivity contribution in [3.8, 4) is 0 Å². The van der Waals surface area contributed by atoms with Crippen molar-refractivity contribution >= 4 is 27.8 Å². The summed E-state index contributed by atoms with van der Waals surface area (Å²) in [6.07, 6.45) is 5.82. The van der Waals surface area contributed by atoms with Crippen LogP contribution in [0.1, 0.15) is 55.8 Å². The summed E-state index contributed by atoms with van der Waals surface area (Å²) in [6, 6.07) is 7.63. The van der Waals surface area contributed by atoms with Crippen LogP contribution in [0.25, 0.3) is 0 Å². The molecule has 0 heterocycles. The van der Waals surface area contributed by atoms with E-state index in [4.69, 9.17) is 4.74 Å². The lowest BCUT2D eigenvalue weighted by Crippen LogP contribution is -2.42. The third-order valence-corrected chi connectivity index (χ3v) is 4.76. The number of amides is 1. The lowest BCUT2D eigenvalue weighted by atomic mass is 9.93. The number of nitrogens with zero attached hydrogens (tertiary/aromatic N) is 1. The van der Waals surface area contributed by atoms with Crippen molar-refractivity contribution in [3.63, 3.8) is 0 Å². The van der Waals surface area contributed by atoms with Gasteiger partial charge in [0.25, 0.3) is 5.91 Å². The number of halogens is 1. The molecule has 0 aromatic heterocycles. The minimum atomic E-state index is -0.239. The number of carbonyl (C=O) groups is 2. The summed E-state index contributed by atoms with van der Waals surface area (Å²) < 4.78 is 5.95. The zero-order valence-electron chi connectivity index (χ0n) is 13.6. The van der Waals surface area contributed by atoms with Crippen LogP contribution in [-0.2, 0) is 9.53 Å². The van der Waals surface area contributed by atoms with Gasteiger partial charge in [-0.15, -0.1) is 0 Å². The molecule has 1 amide bonds. The zero-order valence-corrected chi connectivity index (χ0v) is 15.2. The number of esters is 1. The maximum absolute atomic E-state index is 12.9. The van der Waals surface area contributed by atoms with Crippen LogP contribution in [0.5, 0.6) is 0 Å². The Labute approximate surface area is 146 Å². The Bertz CT molecular complexity index is 524. The van der Waals surface area contributed by atoms with Crippen LogP contribution in [0, 0.1) is 0 Å². The molecule has 0 N–H and O–H groups in total. The molecule has 1 aliphatic carbocycles. The van der Waals surface area contributed by atoms with Crippen LogP contribution in [0.4, 0.5) is 0 Å². The van der Waals surface area contributed by atoms with Gasteiger partial charge in [-0.25, -0.2) is 0 Å². The Balaban J connectivity index is 2.09. The first-order valence-corrected chi connectivity index (χ1v) is 9.13. The van der Waals surface area contributed by atoms with Gasteiger partial charge in [-0.1, -0.05) is 35.2 Å². The van der Waals surface area contributed by atoms with Crippen LogP contribution in [0.3, 0.4) is 0 Å². The molecule has 0 radical (unpaired) electrons. The summed E-state index contributed by atoms with van der Waals surface area (Å²) in [5.74, 6) is -0.231. The second-order valence-electron chi connectivity index (χ2n) is 5.85. The molecule has 1 aromatic rings. The van der Waals surface area contributed by atoms with Crippen LogP contribution in [-0.4, -0.2) is 36.0 Å². The Morgan fingerprint density at radius 3 is 2.43 bits per heavy atom. The molecule has 2 rings (SSSR count). The normalized spacial score (nSPS) is 15.2. The average molecular weight is 382 g/mol. The number of ether oxygens (including phenoxy) is 1. The van der Waals surface area contributed by atoms with Gasteiger partial charge in [0.15, 0.2) is 0 Å². The Hall–Kier alpha value is -1.36. The van der Waals surface area contributed by atoms with E-state index in [1.165, 1.54) is 6.42 Å². The molecule has 23 heavy (non-hydrogen) atoms. The largest absolute Gasteiger partial charge is 0.466 e. The van der Waals surface area contributed by atoms with Crippen molar-refractivity contribution in [2.45, 2.75) is 51.5 Å². The summed E-state index contributed by atoms with van der Waals surface area (Å²) >= 11 is 3.39. The van der Waals surface area contributed by atoms with Crippen molar-refractivity contribution in [2.24, 2.45) is 0 Å². The van der Waals surface area contributed by atoms with E-state index in [0.29, 0.717) is 18.7 Å². The molecule has 126 valence electrons. The highest BCUT2D eigenvalue weighted by molar-refractivity contribution is 9.10. The number of rotatable bonds is 6. The predicted octanol–water partition coefficient (Wildman–Crippen LogP) is 4.18. The van der Waals surface area contributed by atoms with E-state index in [1.807, 2.05) is 29.2 Å². The van der Waals surface area contributed by atoms with Crippen molar-refractivity contribution < 1.29 is 14.3 Å². The van der Waals surface area contributed by atoms with E-state index in [1.54, 1.807) is 6.92 Å². The molecule has 0 bridgehead atoms. The summed E-state index contributed by atoms with van der Waals surface area (Å²) in [5, 5.41) is 0. The van der Waals surface area contributed by atoms with E-state index < -0.39 is 0 Å². The maximum atomic E-state index is 12.9. The topological polar surface area (TPSA) is 46.6 Å². The summed E-state index contributed by atoms with van der Waals surface area (Å²) in [6.45, 7) is 2.60. The molecule has 1 aromatic carbocycles. The van der Waals surface area contributed by atoms with E-state index in [9.17, 15) is 9.59 Å². The molecule has 0 saturated heterocycles. The second kappa shape index (κ2) is 9.06. The first-order valence-electron chi connectivity index (χ1n) is 8.34. The average Bonchev–Trinajstić information content (AvgIpc) is 2.57. The molecular formula is C18H24BrNO3. The second-order valence-corrected chi connectivity index (χ2v) is 6.77. The van der Waals surface area contributed by atoms with Crippen LogP contribution < -0.4 is 0 Å². The highest BCUT2D eigenvalue weighted by atomic mass is 79.9. The molecule has 4 nitrogen and oxygen atoms in total. The van der Waals surface area contributed by atoms with Crippen LogP contribution in [0.15, 0.2) is 28.7 Å². The quantitative estimate of drug-likeness (QED) is 0.694. The van der Waals surface area contributed by atoms with Gasteiger partial charge in [0, 0.05) is 22.6 Å². The monoisotopic (exact) mass is 381 g/mol. The first-order chi connectivity index (χ1) is 11.1. The van der Waals surface area contributed by atoms with Crippen LogP contribution >= 0.6 is 15.9 Å². The fraction of sp³-hybridized carbons (Fsp3) is 0.556. The Kier molecular flexibility index (Phi) is 7.09. The lowest BCUT2D eigenvalue weighted by molar-refractivity contribution is -0.143. The van der Waals surface area contributed by atoms with Gasteiger partial charge in [-0.3, -0.25) is 9.59 Å². The predicted molar refractivity (Wildman–Crippen MR) is 93.3 cm³/mol. The SMILES string of the molecule is CCOC(=O)CCN(C(=O)c1ccc(Br)cc1)C1CCCCC1. The standard InChI is InChI=1S/C18H24BrNO3/c1-2-23-17(21)12-13-20(16-6-4-3-5-7-16)18(22)14-8-10-15(19)11-9-14/h8-11,16H,2-7,12-13H2,1H3. The van der Waals surface area contributed by atoms with Crippen molar-refractivity contribution in [1.29, 1.82) is 0 Å². The van der Waals surface area contributed by atoms with Gasteiger partial charge >= 0.3 is 5.97 Å². The molecule has 0 unspecified atom stereocenters. The number of hydrogen-bond donors (Lipinski definition) is 0. The van der Waals surface area contributed by atoms with Gasteiger partial charge in [-0.2, -0.15) is 0 Å². The molecule has 0 spiro atoms. The smallest absolute Gasteiger partial charge is 0.307 e. The molecule has 0 aliphatic heterocycles. The Morgan fingerprint density at radius 2 is 1.83 bits per heavy atom. The van der Waals surface area contributed by atoms with Crippen molar-refractivity contribution in [3.05, 3.63) is 34.3 Å². The van der Waals surface area contributed by atoms with Gasteiger partial charge in [0.1, 0.15) is 0 Å². The van der Waals surface area contributed by atoms with Gasteiger partial charge in [0.2, 0.25) is 0 Å². The fourth-order valence-electron chi connectivity index (χ4n) is 3.05. The van der Waals surface area contributed by atoms with Gasteiger partial charge in [-0.05, 0) is 44.0 Å². The number of carbonyl (C=O) groups excluding carboxylic acids is 2. The molecule has 0 atom stereocenters. The summed E-state index contributed by atoms with van der Waals surface area (Å²) in [5.41, 5.74) is 0.669. The highest BCUT2D eigenvalue weighted by Crippen LogP contribution is 2.24. The first kappa shape index (κ1) is 18.0. The van der Waals surface area contributed by atoms with Gasteiger partial charge in [0.05, 0.1) is 13.0 Å². The van der Waals surface area contributed by atoms with Crippen LogP contribution in [0.2, 0.25) is 0 Å². The van der Waals surface area contributed by atoms with E-state index in [-0.39, 0.29) is 24.3 Å². The minimum absolute atomic E-state index is 0.00805. The maximum Gasteiger partial charge on any atom is 0.307 e. The fourth-order valence-corrected chi connectivity index (χ4v) is 3.31.